The Balaban J connectivity index is 1.97. The molecule has 0 fully saturated rings. The number of benzene rings is 1. The van der Waals surface area contributed by atoms with Gasteiger partial charge in [0.15, 0.2) is 9.84 Å². The third-order valence-electron chi connectivity index (χ3n) is 3.55. The third kappa shape index (κ3) is 4.67. The first-order valence-electron chi connectivity index (χ1n) is 8.03. The first-order chi connectivity index (χ1) is 11.4. The summed E-state index contributed by atoms with van der Waals surface area (Å²) in [5.41, 5.74) is 1.30. The summed E-state index contributed by atoms with van der Waals surface area (Å²) in [4.78, 5) is 12.4. The molecule has 1 amide bonds. The largest absolute Gasteiger partial charge is 0.352 e. The Morgan fingerprint density at radius 2 is 2.04 bits per heavy atom. The van der Waals surface area contributed by atoms with Crippen molar-refractivity contribution in [3.05, 3.63) is 47.8 Å². The van der Waals surface area contributed by atoms with Gasteiger partial charge in [0.2, 0.25) is 0 Å². The number of nitrogens with zero attached hydrogens (tertiary/aromatic N) is 2. The van der Waals surface area contributed by atoms with Crippen molar-refractivity contribution >= 4 is 15.7 Å². The highest BCUT2D eigenvalue weighted by Gasteiger charge is 2.21. The van der Waals surface area contributed by atoms with E-state index in [-0.39, 0.29) is 22.1 Å². The first kappa shape index (κ1) is 18.2. The second-order valence-corrected chi connectivity index (χ2v) is 7.78. The predicted molar refractivity (Wildman–Crippen MR) is 92.7 cm³/mol. The molecule has 0 saturated carbocycles. The number of rotatable bonds is 8. The van der Waals surface area contributed by atoms with E-state index in [1.54, 1.807) is 31.3 Å². The topological polar surface area (TPSA) is 81.1 Å². The van der Waals surface area contributed by atoms with Crippen LogP contribution in [0.2, 0.25) is 0 Å². The molecule has 1 heterocycles. The van der Waals surface area contributed by atoms with Gasteiger partial charge < -0.3 is 5.32 Å². The molecule has 0 bridgehead atoms. The number of sulfone groups is 1. The van der Waals surface area contributed by atoms with E-state index in [1.807, 2.05) is 17.8 Å². The van der Waals surface area contributed by atoms with Crippen molar-refractivity contribution in [3.63, 3.8) is 0 Å². The summed E-state index contributed by atoms with van der Waals surface area (Å²) in [5.74, 6) is -0.322. The van der Waals surface area contributed by atoms with Gasteiger partial charge in [-0.2, -0.15) is 5.10 Å². The molecule has 2 rings (SSSR count). The van der Waals surface area contributed by atoms with Crippen LogP contribution in [0.25, 0.3) is 0 Å². The number of carbonyl (C=O) groups excluding carboxylic acids is 1. The van der Waals surface area contributed by atoms with Gasteiger partial charge in [-0.05, 0) is 37.5 Å². The van der Waals surface area contributed by atoms with Crippen LogP contribution >= 0.6 is 0 Å². The molecule has 24 heavy (non-hydrogen) atoms. The lowest BCUT2D eigenvalue weighted by molar-refractivity contribution is 0.0949. The molecule has 1 N–H and O–H groups in total. The Bertz CT molecular complexity index is 797. The molecule has 0 aliphatic rings. The standard InChI is InChI=1S/C17H23N3O3S/c1-3-11-24(22,23)16-8-5-4-7-15(16)17(21)18-9-6-10-20-13-14(2)12-19-20/h4-5,7-8,12-13H,3,6,9-11H2,1-2H3,(H,18,21). The summed E-state index contributed by atoms with van der Waals surface area (Å²) in [6, 6.07) is 6.35. The Morgan fingerprint density at radius 1 is 1.29 bits per heavy atom. The van der Waals surface area contributed by atoms with Gasteiger partial charge in [0.05, 0.1) is 22.4 Å². The SMILES string of the molecule is CCCS(=O)(=O)c1ccccc1C(=O)NCCCn1cc(C)cn1. The van der Waals surface area contributed by atoms with Gasteiger partial charge in [0.1, 0.15) is 0 Å². The molecule has 0 aliphatic carbocycles. The lowest BCUT2D eigenvalue weighted by atomic mass is 10.2. The van der Waals surface area contributed by atoms with Crippen molar-refractivity contribution in [2.75, 3.05) is 12.3 Å². The minimum atomic E-state index is -3.43. The van der Waals surface area contributed by atoms with Crippen LogP contribution in [0.4, 0.5) is 0 Å². The van der Waals surface area contributed by atoms with Crippen molar-refractivity contribution in [1.29, 1.82) is 0 Å². The van der Waals surface area contributed by atoms with Crippen molar-refractivity contribution in [2.45, 2.75) is 38.1 Å². The van der Waals surface area contributed by atoms with E-state index >= 15 is 0 Å². The molecule has 1 aromatic heterocycles. The summed E-state index contributed by atoms with van der Waals surface area (Å²) in [6.45, 7) is 4.93. The number of aromatic nitrogens is 2. The summed E-state index contributed by atoms with van der Waals surface area (Å²) in [5, 5.41) is 6.97. The molecule has 2 aromatic rings. The second-order valence-electron chi connectivity index (χ2n) is 5.71. The van der Waals surface area contributed by atoms with Gasteiger partial charge in [-0.15, -0.1) is 0 Å². The Hall–Kier alpha value is -2.15. The highest BCUT2D eigenvalue weighted by atomic mass is 32.2. The molecular formula is C17H23N3O3S. The molecule has 7 heteroatoms. The van der Waals surface area contributed by atoms with Gasteiger partial charge in [-0.3, -0.25) is 9.48 Å². The van der Waals surface area contributed by atoms with Crippen molar-refractivity contribution < 1.29 is 13.2 Å². The molecule has 130 valence electrons. The Morgan fingerprint density at radius 3 is 2.71 bits per heavy atom. The van der Waals surface area contributed by atoms with Crippen LogP contribution in [-0.2, 0) is 16.4 Å². The highest BCUT2D eigenvalue weighted by molar-refractivity contribution is 7.91. The molecular weight excluding hydrogens is 326 g/mol. The van der Waals surface area contributed by atoms with Crippen LogP contribution < -0.4 is 5.32 Å². The highest BCUT2D eigenvalue weighted by Crippen LogP contribution is 2.17. The van der Waals surface area contributed by atoms with Crippen molar-refractivity contribution in [3.8, 4) is 0 Å². The Labute approximate surface area is 142 Å². The van der Waals surface area contributed by atoms with Gasteiger partial charge in [0, 0.05) is 19.3 Å². The zero-order valence-corrected chi connectivity index (χ0v) is 14.8. The maximum absolute atomic E-state index is 12.3. The van der Waals surface area contributed by atoms with E-state index in [4.69, 9.17) is 0 Å². The summed E-state index contributed by atoms with van der Waals surface area (Å²) in [7, 11) is -3.43. The number of hydrogen-bond acceptors (Lipinski definition) is 4. The summed E-state index contributed by atoms with van der Waals surface area (Å²) in [6.07, 6.45) is 4.96. The molecule has 0 radical (unpaired) electrons. The minimum Gasteiger partial charge on any atom is -0.352 e. The lowest BCUT2D eigenvalue weighted by Gasteiger charge is -2.10. The third-order valence-corrected chi connectivity index (χ3v) is 5.52. The van der Waals surface area contributed by atoms with Crippen LogP contribution in [0.5, 0.6) is 0 Å². The van der Waals surface area contributed by atoms with Gasteiger partial charge in [-0.1, -0.05) is 19.1 Å². The van der Waals surface area contributed by atoms with Crippen LogP contribution in [0.3, 0.4) is 0 Å². The van der Waals surface area contributed by atoms with Crippen LogP contribution in [0.1, 0.15) is 35.7 Å². The molecule has 0 atom stereocenters. The normalized spacial score (nSPS) is 11.4. The van der Waals surface area contributed by atoms with Gasteiger partial charge in [0.25, 0.3) is 5.91 Å². The lowest BCUT2D eigenvalue weighted by Crippen LogP contribution is -2.27. The van der Waals surface area contributed by atoms with E-state index in [0.29, 0.717) is 19.5 Å². The predicted octanol–water partition coefficient (Wildman–Crippen LogP) is 2.20. The number of carbonyl (C=O) groups is 1. The molecule has 0 aliphatic heterocycles. The van der Waals surface area contributed by atoms with E-state index < -0.39 is 9.84 Å². The maximum atomic E-state index is 12.3. The fourth-order valence-corrected chi connectivity index (χ4v) is 3.97. The number of hydrogen-bond donors (Lipinski definition) is 1. The molecule has 1 aromatic carbocycles. The fourth-order valence-electron chi connectivity index (χ4n) is 2.43. The zero-order valence-electron chi connectivity index (χ0n) is 14.0. The monoisotopic (exact) mass is 349 g/mol. The first-order valence-corrected chi connectivity index (χ1v) is 9.68. The number of aryl methyl sites for hydroxylation is 2. The quantitative estimate of drug-likeness (QED) is 0.741. The number of amides is 1. The van der Waals surface area contributed by atoms with E-state index in [9.17, 15) is 13.2 Å². The maximum Gasteiger partial charge on any atom is 0.252 e. The van der Waals surface area contributed by atoms with Crippen LogP contribution in [0, 0.1) is 6.92 Å². The van der Waals surface area contributed by atoms with Crippen LogP contribution in [0.15, 0.2) is 41.6 Å². The smallest absolute Gasteiger partial charge is 0.252 e. The van der Waals surface area contributed by atoms with Gasteiger partial charge >= 0.3 is 0 Å². The Kier molecular flexibility index (Phi) is 6.14. The van der Waals surface area contributed by atoms with E-state index in [2.05, 4.69) is 10.4 Å². The molecule has 6 nitrogen and oxygen atoms in total. The van der Waals surface area contributed by atoms with E-state index in [0.717, 1.165) is 12.0 Å². The van der Waals surface area contributed by atoms with Crippen LogP contribution in [-0.4, -0.2) is 36.4 Å². The number of nitrogens with one attached hydrogen (secondary N) is 1. The summed E-state index contributed by atoms with van der Waals surface area (Å²) >= 11 is 0. The van der Waals surface area contributed by atoms with Crippen molar-refractivity contribution in [2.24, 2.45) is 0 Å². The summed E-state index contributed by atoms with van der Waals surface area (Å²) < 4.78 is 26.4. The van der Waals surface area contributed by atoms with E-state index in [1.165, 1.54) is 6.07 Å². The zero-order chi connectivity index (χ0) is 17.6. The van der Waals surface area contributed by atoms with Crippen molar-refractivity contribution in [1.82, 2.24) is 15.1 Å². The molecule has 0 unspecified atom stereocenters. The molecule has 0 spiro atoms. The second kappa shape index (κ2) is 8.10. The molecule has 0 saturated heterocycles. The fraction of sp³-hybridized carbons (Fsp3) is 0.412. The minimum absolute atomic E-state index is 0.0376. The van der Waals surface area contributed by atoms with Gasteiger partial charge in [-0.25, -0.2) is 8.42 Å². The average molecular weight is 349 g/mol. The average Bonchev–Trinajstić information content (AvgIpc) is 2.97.